The highest BCUT2D eigenvalue weighted by molar-refractivity contribution is 9.10. The van der Waals surface area contributed by atoms with E-state index in [1.807, 2.05) is 0 Å². The van der Waals surface area contributed by atoms with Crippen molar-refractivity contribution in [2.24, 2.45) is 11.3 Å². The summed E-state index contributed by atoms with van der Waals surface area (Å²) in [6.07, 6.45) is 0. The number of carboxylic acids is 1. The summed E-state index contributed by atoms with van der Waals surface area (Å²) >= 11 is 9.24. The fraction of sp³-hybridized carbons (Fsp3) is 0.385. The molecule has 0 saturated carbocycles. The molecule has 1 aromatic rings. The van der Waals surface area contributed by atoms with Gasteiger partial charge in [0.25, 0.3) is 0 Å². The molecule has 0 aliphatic heterocycles. The first kappa shape index (κ1) is 16.0. The number of hydrogen-bond donors (Lipinski definition) is 2. The van der Waals surface area contributed by atoms with Crippen LogP contribution in [0.25, 0.3) is 0 Å². The van der Waals surface area contributed by atoms with Crippen LogP contribution in [0.2, 0.25) is 5.02 Å². The number of halogens is 2. The van der Waals surface area contributed by atoms with Gasteiger partial charge < -0.3 is 10.4 Å². The van der Waals surface area contributed by atoms with Crippen LogP contribution in [-0.2, 0) is 9.59 Å². The van der Waals surface area contributed by atoms with Crippen LogP contribution in [0.1, 0.15) is 20.8 Å². The Hall–Kier alpha value is -1.07. The molecule has 0 heterocycles. The lowest BCUT2D eigenvalue weighted by Crippen LogP contribution is -2.39. The van der Waals surface area contributed by atoms with Crippen LogP contribution in [0, 0.1) is 11.3 Å². The molecule has 1 aromatic carbocycles. The molecule has 1 unspecified atom stereocenters. The second-order valence-electron chi connectivity index (χ2n) is 5.25. The van der Waals surface area contributed by atoms with E-state index in [2.05, 4.69) is 21.2 Å². The largest absolute Gasteiger partial charge is 0.481 e. The van der Waals surface area contributed by atoms with Gasteiger partial charge in [0.15, 0.2) is 0 Å². The Morgan fingerprint density at radius 2 is 1.95 bits per heavy atom. The van der Waals surface area contributed by atoms with E-state index < -0.39 is 23.2 Å². The smallest absolute Gasteiger partial charge is 0.316 e. The average Bonchev–Trinajstić information content (AvgIpc) is 2.19. The lowest BCUT2D eigenvalue weighted by molar-refractivity contribution is -0.149. The highest BCUT2D eigenvalue weighted by atomic mass is 79.9. The van der Waals surface area contributed by atoms with Crippen molar-refractivity contribution < 1.29 is 14.7 Å². The molecule has 0 bridgehead atoms. The van der Waals surface area contributed by atoms with E-state index in [4.69, 9.17) is 16.7 Å². The number of aliphatic carboxylic acids is 1. The van der Waals surface area contributed by atoms with Gasteiger partial charge in [0.1, 0.15) is 5.92 Å². The summed E-state index contributed by atoms with van der Waals surface area (Å²) in [6, 6.07) is 4.96. The van der Waals surface area contributed by atoms with Crippen LogP contribution in [0.15, 0.2) is 22.7 Å². The zero-order valence-corrected chi connectivity index (χ0v) is 13.2. The number of hydrogen-bond acceptors (Lipinski definition) is 2. The van der Waals surface area contributed by atoms with Gasteiger partial charge in [-0.25, -0.2) is 0 Å². The van der Waals surface area contributed by atoms with Crippen LogP contribution < -0.4 is 5.32 Å². The van der Waals surface area contributed by atoms with E-state index in [9.17, 15) is 9.59 Å². The van der Waals surface area contributed by atoms with E-state index in [1.54, 1.807) is 39.0 Å². The topological polar surface area (TPSA) is 66.4 Å². The summed E-state index contributed by atoms with van der Waals surface area (Å²) in [7, 11) is 0. The Morgan fingerprint density at radius 1 is 1.37 bits per heavy atom. The Labute approximate surface area is 125 Å². The van der Waals surface area contributed by atoms with Crippen molar-refractivity contribution in [3.63, 3.8) is 0 Å². The SMILES string of the molecule is CC(C)(C)C(C(=O)O)C(=O)Nc1ccc(Br)cc1Cl. The third-order valence-corrected chi connectivity index (χ3v) is 3.37. The van der Waals surface area contributed by atoms with Gasteiger partial charge in [0.2, 0.25) is 5.91 Å². The number of carbonyl (C=O) groups excluding carboxylic acids is 1. The molecule has 0 saturated heterocycles. The molecule has 0 fully saturated rings. The monoisotopic (exact) mass is 347 g/mol. The maximum atomic E-state index is 12.1. The van der Waals surface area contributed by atoms with Gasteiger partial charge >= 0.3 is 5.97 Å². The quantitative estimate of drug-likeness (QED) is 0.817. The molecule has 6 heteroatoms. The predicted octanol–water partition coefficient (Wildman–Crippen LogP) is 3.79. The summed E-state index contributed by atoms with van der Waals surface area (Å²) in [5.74, 6) is -2.88. The summed E-state index contributed by atoms with van der Waals surface area (Å²) < 4.78 is 0.779. The van der Waals surface area contributed by atoms with Crippen LogP contribution in [-0.4, -0.2) is 17.0 Å². The van der Waals surface area contributed by atoms with Gasteiger partial charge in [0.05, 0.1) is 10.7 Å². The second kappa shape index (κ2) is 5.92. The normalized spacial score (nSPS) is 12.9. The molecule has 1 amide bonds. The first-order valence-corrected chi connectivity index (χ1v) is 6.78. The molecular weight excluding hydrogens is 334 g/mol. The molecule has 1 atom stereocenters. The molecule has 4 nitrogen and oxygen atoms in total. The summed E-state index contributed by atoms with van der Waals surface area (Å²) in [5.41, 5.74) is -0.289. The zero-order valence-electron chi connectivity index (χ0n) is 10.8. The fourth-order valence-corrected chi connectivity index (χ4v) is 2.39. The number of benzene rings is 1. The van der Waals surface area contributed by atoms with Crippen molar-refractivity contribution in [3.8, 4) is 0 Å². The number of rotatable bonds is 3. The summed E-state index contributed by atoms with van der Waals surface area (Å²) in [6.45, 7) is 5.11. The third kappa shape index (κ3) is 4.21. The Kier molecular flexibility index (Phi) is 4.98. The number of amides is 1. The highest BCUT2D eigenvalue weighted by Crippen LogP contribution is 2.30. The molecule has 19 heavy (non-hydrogen) atoms. The number of anilines is 1. The Morgan fingerprint density at radius 3 is 2.37 bits per heavy atom. The maximum absolute atomic E-state index is 12.1. The minimum Gasteiger partial charge on any atom is -0.481 e. The number of carboxylic acid groups (broad SMARTS) is 1. The lowest BCUT2D eigenvalue weighted by atomic mass is 9.80. The Bertz CT molecular complexity index is 511. The molecule has 1 rings (SSSR count). The van der Waals surface area contributed by atoms with E-state index in [0.29, 0.717) is 10.7 Å². The average molecular weight is 349 g/mol. The van der Waals surface area contributed by atoms with Crippen LogP contribution >= 0.6 is 27.5 Å². The van der Waals surface area contributed by atoms with Gasteiger partial charge in [-0.3, -0.25) is 9.59 Å². The molecule has 0 aliphatic carbocycles. The molecule has 0 aromatic heterocycles. The molecule has 0 spiro atoms. The van der Waals surface area contributed by atoms with Crippen molar-refractivity contribution in [2.45, 2.75) is 20.8 Å². The van der Waals surface area contributed by atoms with Gasteiger partial charge in [-0.2, -0.15) is 0 Å². The second-order valence-corrected chi connectivity index (χ2v) is 6.57. The third-order valence-electron chi connectivity index (χ3n) is 2.56. The lowest BCUT2D eigenvalue weighted by Gasteiger charge is -2.26. The van der Waals surface area contributed by atoms with Gasteiger partial charge in [0, 0.05) is 4.47 Å². The summed E-state index contributed by atoms with van der Waals surface area (Å²) in [5, 5.41) is 12.1. The fourth-order valence-electron chi connectivity index (χ4n) is 1.67. The van der Waals surface area contributed by atoms with Crippen molar-refractivity contribution in [1.29, 1.82) is 0 Å². The predicted molar refractivity (Wildman–Crippen MR) is 78.4 cm³/mol. The van der Waals surface area contributed by atoms with E-state index in [1.165, 1.54) is 0 Å². The first-order chi connectivity index (χ1) is 8.62. The number of nitrogens with one attached hydrogen (secondary N) is 1. The van der Waals surface area contributed by atoms with Crippen molar-refractivity contribution >= 4 is 45.1 Å². The maximum Gasteiger partial charge on any atom is 0.316 e. The number of carbonyl (C=O) groups is 2. The van der Waals surface area contributed by atoms with Crippen LogP contribution in [0.5, 0.6) is 0 Å². The van der Waals surface area contributed by atoms with E-state index in [0.717, 1.165) is 4.47 Å². The Balaban J connectivity index is 2.97. The van der Waals surface area contributed by atoms with Crippen molar-refractivity contribution in [2.75, 3.05) is 5.32 Å². The van der Waals surface area contributed by atoms with Crippen LogP contribution in [0.3, 0.4) is 0 Å². The minimum atomic E-state index is -1.15. The first-order valence-electron chi connectivity index (χ1n) is 5.61. The molecule has 0 aliphatic rings. The standard InChI is InChI=1S/C13H15BrClNO3/c1-13(2,3)10(12(18)19)11(17)16-9-5-4-7(14)6-8(9)15/h4-6,10H,1-3H3,(H,16,17)(H,18,19). The molecule has 104 valence electrons. The molecular formula is C13H15BrClNO3. The van der Waals surface area contributed by atoms with Crippen LogP contribution in [0.4, 0.5) is 5.69 Å². The van der Waals surface area contributed by atoms with E-state index in [-0.39, 0.29) is 0 Å². The van der Waals surface area contributed by atoms with Gasteiger partial charge in [-0.15, -0.1) is 0 Å². The van der Waals surface area contributed by atoms with Gasteiger partial charge in [-0.1, -0.05) is 48.3 Å². The van der Waals surface area contributed by atoms with Crippen molar-refractivity contribution in [3.05, 3.63) is 27.7 Å². The summed E-state index contributed by atoms with van der Waals surface area (Å²) in [4.78, 5) is 23.3. The van der Waals surface area contributed by atoms with Crippen molar-refractivity contribution in [1.82, 2.24) is 0 Å². The molecule has 2 N–H and O–H groups in total. The molecule has 0 radical (unpaired) electrons. The zero-order chi connectivity index (χ0) is 14.8. The van der Waals surface area contributed by atoms with E-state index >= 15 is 0 Å². The minimum absolute atomic E-state index is 0.348. The highest BCUT2D eigenvalue weighted by Gasteiger charge is 2.37. The van der Waals surface area contributed by atoms with Gasteiger partial charge in [-0.05, 0) is 23.6 Å².